The molecule has 0 unspecified atom stereocenters. The molecule has 5 heteroatoms. The van der Waals surface area contributed by atoms with Crippen molar-refractivity contribution in [1.82, 2.24) is 4.90 Å². The van der Waals surface area contributed by atoms with Crippen molar-refractivity contribution in [2.45, 2.75) is 40.5 Å². The third-order valence-corrected chi connectivity index (χ3v) is 3.57. The van der Waals surface area contributed by atoms with Crippen molar-refractivity contribution in [2.24, 2.45) is 5.41 Å². The fraction of sp³-hybridized carbons (Fsp3) is 0.579. The van der Waals surface area contributed by atoms with Crippen LogP contribution in [0.15, 0.2) is 24.3 Å². The summed E-state index contributed by atoms with van der Waals surface area (Å²) in [6.45, 7) is 8.79. The van der Waals surface area contributed by atoms with Crippen LogP contribution in [0.25, 0.3) is 0 Å². The van der Waals surface area contributed by atoms with Crippen LogP contribution >= 0.6 is 0 Å². The molecular formula is C19H29NO4. The first-order chi connectivity index (χ1) is 11.3. The highest BCUT2D eigenvalue weighted by Crippen LogP contribution is 2.18. The Bertz CT molecular complexity index is 537. The van der Waals surface area contributed by atoms with E-state index in [1.54, 1.807) is 26.1 Å². The average molecular weight is 335 g/mol. The lowest BCUT2D eigenvalue weighted by Crippen LogP contribution is -2.39. The SMILES string of the molecule is CCCc1ccc(C(=O)OCC(C)(C)CN(C)C(=O)OCC)cc1. The Hall–Kier alpha value is -2.04. The van der Waals surface area contributed by atoms with Crippen LogP contribution < -0.4 is 0 Å². The van der Waals surface area contributed by atoms with E-state index in [9.17, 15) is 9.59 Å². The minimum atomic E-state index is -0.372. The highest BCUT2D eigenvalue weighted by Gasteiger charge is 2.25. The lowest BCUT2D eigenvalue weighted by atomic mass is 9.94. The van der Waals surface area contributed by atoms with Crippen LogP contribution in [0.1, 0.15) is 50.0 Å². The largest absolute Gasteiger partial charge is 0.461 e. The monoisotopic (exact) mass is 335 g/mol. The van der Waals surface area contributed by atoms with E-state index in [4.69, 9.17) is 9.47 Å². The van der Waals surface area contributed by atoms with Gasteiger partial charge < -0.3 is 14.4 Å². The topological polar surface area (TPSA) is 55.8 Å². The Morgan fingerprint density at radius 1 is 1.08 bits per heavy atom. The fourth-order valence-electron chi connectivity index (χ4n) is 2.43. The molecule has 0 saturated carbocycles. The van der Waals surface area contributed by atoms with Gasteiger partial charge >= 0.3 is 12.1 Å². The maximum absolute atomic E-state index is 12.2. The molecule has 0 aliphatic carbocycles. The molecule has 0 bridgehead atoms. The maximum atomic E-state index is 12.2. The smallest absolute Gasteiger partial charge is 0.409 e. The molecule has 1 aromatic rings. The number of carbonyl (C=O) groups excluding carboxylic acids is 2. The van der Waals surface area contributed by atoms with Crippen LogP contribution in [0, 0.1) is 5.41 Å². The Morgan fingerprint density at radius 2 is 1.71 bits per heavy atom. The second-order valence-corrected chi connectivity index (χ2v) is 6.74. The van der Waals surface area contributed by atoms with Crippen molar-refractivity contribution >= 4 is 12.1 Å². The molecule has 134 valence electrons. The number of esters is 1. The molecule has 0 aliphatic heterocycles. The molecule has 0 atom stereocenters. The van der Waals surface area contributed by atoms with Crippen LogP contribution in [0.2, 0.25) is 0 Å². The van der Waals surface area contributed by atoms with Crippen LogP contribution in [-0.2, 0) is 15.9 Å². The summed E-state index contributed by atoms with van der Waals surface area (Å²) in [5, 5.41) is 0. The third kappa shape index (κ3) is 6.60. The maximum Gasteiger partial charge on any atom is 0.409 e. The predicted octanol–water partition coefficient (Wildman–Crippen LogP) is 3.91. The van der Waals surface area contributed by atoms with E-state index in [-0.39, 0.29) is 24.1 Å². The summed E-state index contributed by atoms with van der Waals surface area (Å²) in [7, 11) is 1.67. The number of rotatable bonds is 8. The average Bonchev–Trinajstić information content (AvgIpc) is 2.53. The van der Waals surface area contributed by atoms with Crippen LogP contribution in [0.3, 0.4) is 0 Å². The second-order valence-electron chi connectivity index (χ2n) is 6.74. The Balaban J connectivity index is 2.53. The van der Waals surface area contributed by atoms with E-state index < -0.39 is 0 Å². The van der Waals surface area contributed by atoms with Gasteiger partial charge in [0, 0.05) is 19.0 Å². The number of hydrogen-bond donors (Lipinski definition) is 0. The number of carbonyl (C=O) groups is 2. The molecule has 1 rings (SSSR count). The molecule has 0 heterocycles. The van der Waals surface area contributed by atoms with Crippen molar-refractivity contribution in [1.29, 1.82) is 0 Å². The van der Waals surface area contributed by atoms with Gasteiger partial charge in [0.15, 0.2) is 0 Å². The molecule has 0 saturated heterocycles. The minimum absolute atomic E-state index is 0.228. The van der Waals surface area contributed by atoms with Crippen LogP contribution in [0.4, 0.5) is 4.79 Å². The first-order valence-corrected chi connectivity index (χ1v) is 8.43. The highest BCUT2D eigenvalue weighted by atomic mass is 16.6. The molecular weight excluding hydrogens is 306 g/mol. The zero-order valence-corrected chi connectivity index (χ0v) is 15.4. The number of ether oxygens (including phenoxy) is 2. The quantitative estimate of drug-likeness (QED) is 0.676. The van der Waals surface area contributed by atoms with Crippen molar-refractivity contribution in [3.05, 3.63) is 35.4 Å². The van der Waals surface area contributed by atoms with Gasteiger partial charge in [-0.25, -0.2) is 9.59 Å². The summed E-state index contributed by atoms with van der Waals surface area (Å²) in [6.07, 6.45) is 1.71. The van der Waals surface area contributed by atoms with Crippen LogP contribution in [-0.4, -0.2) is 43.8 Å². The lowest BCUT2D eigenvalue weighted by Gasteiger charge is -2.29. The van der Waals surface area contributed by atoms with Gasteiger partial charge in [0.25, 0.3) is 0 Å². The summed E-state index contributed by atoms with van der Waals surface area (Å²) in [5.74, 6) is -0.343. The number of benzene rings is 1. The molecule has 0 aliphatic rings. The zero-order valence-electron chi connectivity index (χ0n) is 15.4. The molecule has 5 nitrogen and oxygen atoms in total. The van der Waals surface area contributed by atoms with E-state index in [1.165, 1.54) is 10.5 Å². The molecule has 0 aromatic heterocycles. The van der Waals surface area contributed by atoms with E-state index in [0.29, 0.717) is 18.7 Å². The first-order valence-electron chi connectivity index (χ1n) is 8.43. The Kier molecular flexibility index (Phi) is 7.75. The lowest BCUT2D eigenvalue weighted by molar-refractivity contribution is 0.0276. The summed E-state index contributed by atoms with van der Waals surface area (Å²) < 4.78 is 10.4. The van der Waals surface area contributed by atoms with Gasteiger partial charge in [0.1, 0.15) is 0 Å². The molecule has 0 radical (unpaired) electrons. The second kappa shape index (κ2) is 9.30. The van der Waals surface area contributed by atoms with E-state index in [0.717, 1.165) is 12.8 Å². The van der Waals surface area contributed by atoms with Gasteiger partial charge in [-0.2, -0.15) is 0 Å². The van der Waals surface area contributed by atoms with Crippen molar-refractivity contribution in [2.75, 3.05) is 26.8 Å². The number of amides is 1. The van der Waals surface area contributed by atoms with Crippen LogP contribution in [0.5, 0.6) is 0 Å². The van der Waals surface area contributed by atoms with Gasteiger partial charge in [0.2, 0.25) is 0 Å². The summed E-state index contributed by atoms with van der Waals surface area (Å²) in [4.78, 5) is 25.3. The Morgan fingerprint density at radius 3 is 2.25 bits per heavy atom. The molecule has 24 heavy (non-hydrogen) atoms. The normalized spacial score (nSPS) is 11.0. The first kappa shape index (κ1) is 20.0. The molecule has 1 amide bonds. The standard InChI is InChI=1S/C19H29NO4/c1-6-8-15-9-11-16(12-10-15)17(21)24-14-19(3,4)13-20(5)18(22)23-7-2/h9-12H,6-8,13-14H2,1-5H3. The van der Waals surface area contributed by atoms with Gasteiger partial charge in [0.05, 0.1) is 18.8 Å². The third-order valence-electron chi connectivity index (χ3n) is 3.57. The van der Waals surface area contributed by atoms with E-state index in [1.807, 2.05) is 26.0 Å². The molecule has 1 aromatic carbocycles. The zero-order chi connectivity index (χ0) is 18.2. The molecule has 0 N–H and O–H groups in total. The molecule has 0 fully saturated rings. The minimum Gasteiger partial charge on any atom is -0.461 e. The number of hydrogen-bond acceptors (Lipinski definition) is 4. The summed E-state index contributed by atoms with van der Waals surface area (Å²) >= 11 is 0. The van der Waals surface area contributed by atoms with E-state index >= 15 is 0 Å². The predicted molar refractivity (Wildman–Crippen MR) is 94.2 cm³/mol. The number of aryl methyl sites for hydroxylation is 1. The molecule has 0 spiro atoms. The fourth-order valence-corrected chi connectivity index (χ4v) is 2.43. The Labute approximate surface area is 144 Å². The summed E-state index contributed by atoms with van der Waals surface area (Å²) in [5.41, 5.74) is 1.40. The van der Waals surface area contributed by atoms with Crippen molar-refractivity contribution in [3.8, 4) is 0 Å². The van der Waals surface area contributed by atoms with Gasteiger partial charge in [-0.15, -0.1) is 0 Å². The van der Waals surface area contributed by atoms with Gasteiger partial charge in [-0.3, -0.25) is 0 Å². The van der Waals surface area contributed by atoms with Crippen molar-refractivity contribution < 1.29 is 19.1 Å². The van der Waals surface area contributed by atoms with E-state index in [2.05, 4.69) is 6.92 Å². The van der Waals surface area contributed by atoms with Gasteiger partial charge in [-0.05, 0) is 31.0 Å². The highest BCUT2D eigenvalue weighted by molar-refractivity contribution is 5.89. The van der Waals surface area contributed by atoms with Crippen molar-refractivity contribution in [3.63, 3.8) is 0 Å². The number of nitrogens with zero attached hydrogens (tertiary/aromatic N) is 1. The van der Waals surface area contributed by atoms with Gasteiger partial charge in [-0.1, -0.05) is 39.3 Å². The summed E-state index contributed by atoms with van der Waals surface area (Å²) in [6, 6.07) is 7.51.